The summed E-state index contributed by atoms with van der Waals surface area (Å²) in [4.78, 5) is 23.6. The molecule has 0 saturated carbocycles. The van der Waals surface area contributed by atoms with Gasteiger partial charge in [0.2, 0.25) is 5.91 Å². The highest BCUT2D eigenvalue weighted by atomic mass is 79.9. The molecule has 142 valence electrons. The Hall–Kier alpha value is -2.25. The van der Waals surface area contributed by atoms with Crippen molar-refractivity contribution in [3.63, 3.8) is 0 Å². The summed E-state index contributed by atoms with van der Waals surface area (Å²) in [6.45, 7) is 0. The lowest BCUT2D eigenvalue weighted by atomic mass is 10.0. The fourth-order valence-corrected chi connectivity index (χ4v) is 3.67. The number of carbonyl (C=O) groups excluding carboxylic acids is 2. The Balaban J connectivity index is 0.000000206. The molecule has 0 bridgehead atoms. The highest BCUT2D eigenvalue weighted by molar-refractivity contribution is 9.08. The van der Waals surface area contributed by atoms with E-state index in [4.69, 9.17) is 9.47 Å². The molecule has 0 aliphatic carbocycles. The Bertz CT molecular complexity index is 838. The molecule has 0 aromatic heterocycles. The van der Waals surface area contributed by atoms with Crippen molar-refractivity contribution in [3.8, 4) is 0 Å². The van der Waals surface area contributed by atoms with Crippen LogP contribution < -0.4 is 5.32 Å². The molecule has 1 aliphatic heterocycles. The van der Waals surface area contributed by atoms with Crippen molar-refractivity contribution < 1.29 is 19.1 Å². The van der Waals surface area contributed by atoms with Gasteiger partial charge in [-0.15, -0.1) is 11.8 Å². The lowest BCUT2D eigenvalue weighted by Gasteiger charge is -2.14. The molecule has 1 N–H and O–H groups in total. The molecule has 27 heavy (non-hydrogen) atoms. The van der Waals surface area contributed by atoms with Crippen LogP contribution in [0.3, 0.4) is 0 Å². The van der Waals surface area contributed by atoms with Crippen LogP contribution in [0, 0.1) is 0 Å². The number of carbonyl (C=O) groups is 2. The van der Waals surface area contributed by atoms with E-state index in [1.54, 1.807) is 11.8 Å². The number of nitrogens with one attached hydrogen (secondary N) is 1. The molecule has 1 amide bonds. The van der Waals surface area contributed by atoms with Crippen molar-refractivity contribution >= 4 is 50.8 Å². The zero-order valence-electron chi connectivity index (χ0n) is 15.0. The van der Waals surface area contributed by atoms with Gasteiger partial charge in [-0.1, -0.05) is 52.3 Å². The number of hydrogen-bond acceptors (Lipinski definition) is 5. The number of thioether (sulfide) groups is 1. The van der Waals surface area contributed by atoms with Gasteiger partial charge in [-0.3, -0.25) is 4.79 Å². The lowest BCUT2D eigenvalue weighted by Crippen LogP contribution is -2.18. The molecule has 0 atom stereocenters. The molecule has 2 aromatic rings. The topological polar surface area (TPSA) is 64.6 Å². The van der Waals surface area contributed by atoms with Crippen molar-refractivity contribution in [2.75, 3.05) is 25.3 Å². The van der Waals surface area contributed by atoms with Crippen molar-refractivity contribution in [3.05, 3.63) is 65.9 Å². The Kier molecular flexibility index (Phi) is 8.42. The van der Waals surface area contributed by atoms with Gasteiger partial charge in [0.15, 0.2) is 0 Å². The monoisotopic (exact) mass is 449 g/mol. The van der Waals surface area contributed by atoms with Gasteiger partial charge in [0.05, 0.1) is 31.9 Å². The average molecular weight is 450 g/mol. The first-order chi connectivity index (χ1) is 13.1. The van der Waals surface area contributed by atoms with Crippen molar-refractivity contribution in [2.45, 2.75) is 10.2 Å². The van der Waals surface area contributed by atoms with Crippen LogP contribution in [0.25, 0.3) is 5.57 Å². The third kappa shape index (κ3) is 5.87. The Labute approximate surface area is 171 Å². The molecule has 0 unspecified atom stereocenters. The lowest BCUT2D eigenvalue weighted by molar-refractivity contribution is -0.133. The van der Waals surface area contributed by atoms with Gasteiger partial charge >= 0.3 is 5.97 Å². The predicted octanol–water partition coefficient (Wildman–Crippen LogP) is 4.47. The predicted molar refractivity (Wildman–Crippen MR) is 112 cm³/mol. The highest BCUT2D eigenvalue weighted by Gasteiger charge is 2.15. The van der Waals surface area contributed by atoms with Gasteiger partial charge in [0.1, 0.15) is 5.57 Å². The van der Waals surface area contributed by atoms with E-state index in [-0.39, 0.29) is 5.91 Å². The highest BCUT2D eigenvalue weighted by Crippen LogP contribution is 2.30. The van der Waals surface area contributed by atoms with Crippen molar-refractivity contribution in [1.29, 1.82) is 0 Å². The van der Waals surface area contributed by atoms with Crippen LogP contribution in [-0.4, -0.2) is 31.8 Å². The number of fused-ring (bicyclic) bond motifs is 1. The smallest absolute Gasteiger partial charge is 0.341 e. The number of benzene rings is 2. The van der Waals surface area contributed by atoms with Crippen molar-refractivity contribution in [1.82, 2.24) is 0 Å². The van der Waals surface area contributed by atoms with Gasteiger partial charge in [-0.05, 0) is 23.3 Å². The average Bonchev–Trinajstić information content (AvgIpc) is 2.72. The third-order valence-electron chi connectivity index (χ3n) is 3.61. The molecule has 0 radical (unpaired) electrons. The Morgan fingerprint density at radius 3 is 2.59 bits per heavy atom. The fourth-order valence-electron chi connectivity index (χ4n) is 2.37. The van der Waals surface area contributed by atoms with Crippen LogP contribution in [0.15, 0.2) is 59.7 Å². The second-order valence-corrected chi connectivity index (χ2v) is 6.96. The van der Waals surface area contributed by atoms with E-state index in [0.717, 1.165) is 21.7 Å². The van der Waals surface area contributed by atoms with E-state index in [1.807, 2.05) is 48.5 Å². The molecular weight excluding hydrogens is 430 g/mol. The number of rotatable bonds is 4. The van der Waals surface area contributed by atoms with E-state index in [9.17, 15) is 9.59 Å². The molecule has 2 aromatic carbocycles. The normalized spacial score (nSPS) is 12.9. The molecule has 0 spiro atoms. The van der Waals surface area contributed by atoms with E-state index in [1.165, 1.54) is 20.5 Å². The fraction of sp³-hybridized carbons (Fsp3) is 0.200. The first-order valence-electron chi connectivity index (χ1n) is 8.08. The van der Waals surface area contributed by atoms with Crippen LogP contribution in [-0.2, 0) is 24.4 Å². The molecule has 7 heteroatoms. The number of para-hydroxylation sites is 1. The number of esters is 1. The van der Waals surface area contributed by atoms with Gasteiger partial charge in [0.25, 0.3) is 0 Å². The number of halogens is 1. The number of anilines is 1. The summed E-state index contributed by atoms with van der Waals surface area (Å²) in [5, 5.41) is 3.47. The molecule has 5 nitrogen and oxygen atoms in total. The van der Waals surface area contributed by atoms with Crippen LogP contribution >= 0.6 is 27.7 Å². The zero-order chi connectivity index (χ0) is 19.6. The standard InChI is InChI=1S/C12H13BrO3.C8H7NOS/c1-15-8-11(12(14)16-2)10-6-4-3-5-9(10)7-13;10-8-5-11-7-4-2-1-3-6(7)9-8/h3-6,8H,7H2,1-2H3;1-4H,5H2,(H,9,10). The molecule has 3 rings (SSSR count). The summed E-state index contributed by atoms with van der Waals surface area (Å²) >= 11 is 4.96. The second kappa shape index (κ2) is 10.8. The molecule has 1 heterocycles. The van der Waals surface area contributed by atoms with E-state index in [0.29, 0.717) is 16.7 Å². The first-order valence-corrected chi connectivity index (χ1v) is 10.2. The number of methoxy groups -OCH3 is 2. The molecular formula is C20H20BrNO4S. The summed E-state index contributed by atoms with van der Waals surface area (Å²) in [5.41, 5.74) is 3.18. The summed E-state index contributed by atoms with van der Waals surface area (Å²) in [7, 11) is 2.85. The van der Waals surface area contributed by atoms with E-state index >= 15 is 0 Å². The molecule has 0 saturated heterocycles. The number of hydrogen-bond donors (Lipinski definition) is 1. The van der Waals surface area contributed by atoms with Gasteiger partial charge < -0.3 is 14.8 Å². The number of alkyl halides is 1. The van der Waals surface area contributed by atoms with Crippen LogP contribution in [0.2, 0.25) is 0 Å². The number of ether oxygens (including phenoxy) is 2. The second-order valence-electron chi connectivity index (χ2n) is 5.38. The minimum absolute atomic E-state index is 0.0914. The van der Waals surface area contributed by atoms with Crippen LogP contribution in [0.4, 0.5) is 5.69 Å². The summed E-state index contributed by atoms with van der Waals surface area (Å²) < 4.78 is 9.62. The van der Waals surface area contributed by atoms with Crippen LogP contribution in [0.1, 0.15) is 11.1 Å². The summed E-state index contributed by atoms with van der Waals surface area (Å²) in [6.07, 6.45) is 1.40. The Morgan fingerprint density at radius 2 is 1.89 bits per heavy atom. The van der Waals surface area contributed by atoms with E-state index < -0.39 is 5.97 Å². The summed E-state index contributed by atoms with van der Waals surface area (Å²) in [5.74, 6) is 0.223. The summed E-state index contributed by atoms with van der Waals surface area (Å²) in [6, 6.07) is 15.4. The minimum Gasteiger partial charge on any atom is -0.503 e. The quantitative estimate of drug-likeness (QED) is 0.322. The van der Waals surface area contributed by atoms with Gasteiger partial charge in [-0.25, -0.2) is 4.79 Å². The minimum atomic E-state index is -0.407. The third-order valence-corrected chi connectivity index (χ3v) is 5.29. The van der Waals surface area contributed by atoms with Crippen molar-refractivity contribution in [2.24, 2.45) is 0 Å². The maximum absolute atomic E-state index is 11.6. The SMILES string of the molecule is COC=C(C(=O)OC)c1ccccc1CBr.O=C1CSc2ccccc2N1. The largest absolute Gasteiger partial charge is 0.503 e. The molecule has 1 aliphatic rings. The number of amides is 1. The van der Waals surface area contributed by atoms with E-state index in [2.05, 4.69) is 21.2 Å². The maximum Gasteiger partial charge on any atom is 0.341 e. The zero-order valence-corrected chi connectivity index (χ0v) is 17.4. The Morgan fingerprint density at radius 1 is 1.19 bits per heavy atom. The van der Waals surface area contributed by atoms with Gasteiger partial charge in [-0.2, -0.15) is 0 Å². The molecule has 0 fully saturated rings. The van der Waals surface area contributed by atoms with Crippen LogP contribution in [0.5, 0.6) is 0 Å². The maximum atomic E-state index is 11.6. The van der Waals surface area contributed by atoms with Gasteiger partial charge in [0, 0.05) is 10.2 Å². The first kappa shape index (κ1) is 21.1.